The van der Waals surface area contributed by atoms with Crippen LogP contribution in [0.15, 0.2) is 206 Å². The molecule has 10 aromatic carbocycles. The Morgan fingerprint density at radius 1 is 0.192 bits per heavy atom. The van der Waals surface area contributed by atoms with Gasteiger partial charge in [0.2, 0.25) is 0 Å². The summed E-state index contributed by atoms with van der Waals surface area (Å²) in [6.07, 6.45) is 0. The number of hydrogen-bond acceptors (Lipinski definition) is 0. The summed E-state index contributed by atoms with van der Waals surface area (Å²) in [6, 6.07) is 75.5. The fraction of sp³-hybridized carbons (Fsp3) is 0. The molecule has 10 rings (SSSR count). The summed E-state index contributed by atoms with van der Waals surface area (Å²) in [6.45, 7) is 0. The maximum absolute atomic E-state index is 2.43. The van der Waals surface area contributed by atoms with Crippen molar-refractivity contribution in [2.45, 2.75) is 0 Å². The van der Waals surface area contributed by atoms with Crippen molar-refractivity contribution >= 4 is 43.1 Å². The second-order valence-electron chi connectivity index (χ2n) is 13.6. The first kappa shape index (κ1) is 30.1. The zero-order valence-corrected chi connectivity index (χ0v) is 28.6. The molecule has 0 aliphatic heterocycles. The van der Waals surface area contributed by atoms with Gasteiger partial charge in [0.25, 0.3) is 0 Å². The normalized spacial score (nSPS) is 11.5. The molecule has 0 bridgehead atoms. The summed E-state index contributed by atoms with van der Waals surface area (Å²) in [5.41, 5.74) is 12.4. The Kier molecular flexibility index (Phi) is 7.25. The quantitative estimate of drug-likeness (QED) is 0.161. The van der Waals surface area contributed by atoms with Gasteiger partial charge in [0.15, 0.2) is 0 Å². The molecule has 0 aromatic heterocycles. The van der Waals surface area contributed by atoms with Crippen LogP contribution >= 0.6 is 0 Å². The Morgan fingerprint density at radius 3 is 1.31 bits per heavy atom. The summed E-state index contributed by atoms with van der Waals surface area (Å²) >= 11 is 0. The van der Waals surface area contributed by atoms with Crippen molar-refractivity contribution in [2.24, 2.45) is 0 Å². The zero-order valence-electron chi connectivity index (χ0n) is 28.6. The van der Waals surface area contributed by atoms with E-state index >= 15 is 0 Å². The van der Waals surface area contributed by atoms with Crippen molar-refractivity contribution < 1.29 is 0 Å². The average molecular weight is 659 g/mol. The van der Waals surface area contributed by atoms with E-state index in [1.807, 2.05) is 0 Å². The van der Waals surface area contributed by atoms with Crippen LogP contribution < -0.4 is 0 Å². The lowest BCUT2D eigenvalue weighted by Crippen LogP contribution is -1.94. The molecule has 0 aliphatic rings. The van der Waals surface area contributed by atoms with E-state index in [-0.39, 0.29) is 0 Å². The Labute approximate surface area is 303 Å². The summed E-state index contributed by atoms with van der Waals surface area (Å²) in [4.78, 5) is 0. The van der Waals surface area contributed by atoms with Crippen LogP contribution in [0.2, 0.25) is 0 Å². The van der Waals surface area contributed by atoms with Gasteiger partial charge in [0.1, 0.15) is 0 Å². The maximum Gasteiger partial charge on any atom is -0.00199 e. The molecular weight excluding hydrogens is 625 g/mol. The monoisotopic (exact) mass is 658 g/mol. The van der Waals surface area contributed by atoms with Gasteiger partial charge in [0, 0.05) is 0 Å². The third kappa shape index (κ3) is 5.00. The zero-order chi connectivity index (χ0) is 34.4. The van der Waals surface area contributed by atoms with E-state index in [0.29, 0.717) is 0 Å². The molecular formula is C52H34. The van der Waals surface area contributed by atoms with E-state index in [9.17, 15) is 0 Å². The number of fused-ring (bicyclic) bond motifs is 4. The molecule has 242 valence electrons. The highest BCUT2D eigenvalue weighted by Gasteiger charge is 2.20. The fourth-order valence-corrected chi connectivity index (χ4v) is 8.27. The molecule has 0 atom stereocenters. The molecule has 0 saturated heterocycles. The first-order chi connectivity index (χ1) is 25.8. The molecule has 0 radical (unpaired) electrons. The first-order valence-corrected chi connectivity index (χ1v) is 18.0. The minimum absolute atomic E-state index is 1.20. The molecule has 0 nitrogen and oxygen atoms in total. The standard InChI is InChI=1S/C52H34/c1-2-14-36(15-3-1)43-22-8-9-23-45(43)52-48-25-11-10-24-47(48)51(46-27-13-19-38-17-5-7-21-44(38)46)49-33-32-40(34-50(49)52)35-28-30-39(31-29-35)42-26-12-18-37-16-4-6-20-41(37)42/h1-34H. The molecule has 0 spiro atoms. The lowest BCUT2D eigenvalue weighted by atomic mass is 9.82. The molecule has 0 aliphatic carbocycles. The number of benzene rings is 10. The summed E-state index contributed by atoms with van der Waals surface area (Å²) in [7, 11) is 0. The Hall–Kier alpha value is -6.76. The van der Waals surface area contributed by atoms with Crippen LogP contribution in [-0.4, -0.2) is 0 Å². The maximum atomic E-state index is 2.43. The highest BCUT2D eigenvalue weighted by Crippen LogP contribution is 2.48. The lowest BCUT2D eigenvalue weighted by Gasteiger charge is -2.21. The van der Waals surface area contributed by atoms with Crippen molar-refractivity contribution in [3.63, 3.8) is 0 Å². The third-order valence-electron chi connectivity index (χ3n) is 10.7. The number of hydrogen-bond donors (Lipinski definition) is 0. The van der Waals surface area contributed by atoms with Gasteiger partial charge < -0.3 is 0 Å². The molecule has 0 amide bonds. The van der Waals surface area contributed by atoms with Crippen LogP contribution in [0.3, 0.4) is 0 Å². The molecule has 0 unspecified atom stereocenters. The number of rotatable bonds is 5. The molecule has 0 heteroatoms. The second kappa shape index (κ2) is 12.5. The predicted octanol–water partition coefficient (Wildman–Crippen LogP) is 14.6. The van der Waals surface area contributed by atoms with Crippen LogP contribution in [-0.2, 0) is 0 Å². The Balaban J connectivity index is 1.25. The van der Waals surface area contributed by atoms with Gasteiger partial charge in [-0.25, -0.2) is 0 Å². The predicted molar refractivity (Wildman–Crippen MR) is 224 cm³/mol. The topological polar surface area (TPSA) is 0 Å². The van der Waals surface area contributed by atoms with E-state index in [1.54, 1.807) is 0 Å². The minimum Gasteiger partial charge on any atom is -0.0622 e. The molecule has 0 N–H and O–H groups in total. The van der Waals surface area contributed by atoms with Crippen LogP contribution in [0.5, 0.6) is 0 Å². The van der Waals surface area contributed by atoms with Gasteiger partial charge in [0.05, 0.1) is 0 Å². The van der Waals surface area contributed by atoms with E-state index in [1.165, 1.54) is 98.7 Å². The molecule has 10 aromatic rings. The van der Waals surface area contributed by atoms with Crippen molar-refractivity contribution in [3.8, 4) is 55.6 Å². The third-order valence-corrected chi connectivity index (χ3v) is 10.7. The molecule has 0 saturated carbocycles. The van der Waals surface area contributed by atoms with Crippen LogP contribution in [0.4, 0.5) is 0 Å². The minimum atomic E-state index is 1.20. The second-order valence-corrected chi connectivity index (χ2v) is 13.6. The largest absolute Gasteiger partial charge is 0.0622 e. The average Bonchev–Trinajstić information content (AvgIpc) is 3.22. The summed E-state index contributed by atoms with van der Waals surface area (Å²) < 4.78 is 0. The van der Waals surface area contributed by atoms with Crippen LogP contribution in [0.25, 0.3) is 98.7 Å². The van der Waals surface area contributed by atoms with Gasteiger partial charge in [-0.3, -0.25) is 0 Å². The highest BCUT2D eigenvalue weighted by molar-refractivity contribution is 6.24. The van der Waals surface area contributed by atoms with Crippen LogP contribution in [0, 0.1) is 0 Å². The molecule has 0 heterocycles. The molecule has 52 heavy (non-hydrogen) atoms. The highest BCUT2D eigenvalue weighted by atomic mass is 14.2. The lowest BCUT2D eigenvalue weighted by molar-refractivity contribution is 1.60. The van der Waals surface area contributed by atoms with Gasteiger partial charge >= 0.3 is 0 Å². The Morgan fingerprint density at radius 2 is 0.615 bits per heavy atom. The van der Waals surface area contributed by atoms with E-state index in [4.69, 9.17) is 0 Å². The first-order valence-electron chi connectivity index (χ1n) is 18.0. The van der Waals surface area contributed by atoms with E-state index < -0.39 is 0 Å². The smallest absolute Gasteiger partial charge is 0.00199 e. The van der Waals surface area contributed by atoms with Crippen molar-refractivity contribution in [1.82, 2.24) is 0 Å². The van der Waals surface area contributed by atoms with Gasteiger partial charge in [-0.15, -0.1) is 0 Å². The Bertz CT molecular complexity index is 2920. The van der Waals surface area contributed by atoms with Gasteiger partial charge in [-0.05, 0) is 105 Å². The summed E-state index contributed by atoms with van der Waals surface area (Å²) in [5, 5.41) is 10.1. The van der Waals surface area contributed by atoms with Crippen molar-refractivity contribution in [3.05, 3.63) is 206 Å². The van der Waals surface area contributed by atoms with Crippen molar-refractivity contribution in [1.29, 1.82) is 0 Å². The SMILES string of the molecule is c1ccc(-c2ccccc2-c2c3ccccc3c(-c3cccc4ccccc34)c3ccc(-c4ccc(-c5cccc6ccccc56)cc4)cc23)cc1. The summed E-state index contributed by atoms with van der Waals surface area (Å²) in [5.74, 6) is 0. The van der Waals surface area contributed by atoms with Gasteiger partial charge in [-0.2, -0.15) is 0 Å². The van der Waals surface area contributed by atoms with Gasteiger partial charge in [-0.1, -0.05) is 200 Å². The van der Waals surface area contributed by atoms with Crippen molar-refractivity contribution in [2.75, 3.05) is 0 Å². The van der Waals surface area contributed by atoms with E-state index in [2.05, 4.69) is 206 Å². The van der Waals surface area contributed by atoms with E-state index in [0.717, 1.165) is 0 Å². The van der Waals surface area contributed by atoms with Crippen LogP contribution in [0.1, 0.15) is 0 Å². The molecule has 0 fully saturated rings. The fourth-order valence-electron chi connectivity index (χ4n) is 8.27.